The third-order valence-corrected chi connectivity index (χ3v) is 4.03. The van der Waals surface area contributed by atoms with E-state index in [2.05, 4.69) is 10.0 Å². The summed E-state index contributed by atoms with van der Waals surface area (Å²) < 4.78 is 0. The van der Waals surface area contributed by atoms with Gasteiger partial charge in [-0.1, -0.05) is 65.8 Å². The molecule has 0 saturated carbocycles. The Morgan fingerprint density at radius 1 is 0.955 bits per heavy atom. The van der Waals surface area contributed by atoms with Gasteiger partial charge < -0.3 is 10.2 Å². The van der Waals surface area contributed by atoms with Gasteiger partial charge in [-0.05, 0) is 30.5 Å². The molecule has 0 aromatic heterocycles. The van der Waals surface area contributed by atoms with Gasteiger partial charge in [0.15, 0.2) is 0 Å². The Morgan fingerprint density at radius 3 is 1.86 bits per heavy atom. The van der Waals surface area contributed by atoms with E-state index in [4.69, 9.17) is 5.53 Å². The molecule has 5 heteroatoms. The number of rotatable bonds is 5. The van der Waals surface area contributed by atoms with Crippen LogP contribution in [0.2, 0.25) is 0 Å². The van der Waals surface area contributed by atoms with Gasteiger partial charge in [0.05, 0.1) is 5.54 Å². The second-order valence-corrected chi connectivity index (χ2v) is 5.62. The standard InChI is InChI=1S/C17H19N3O2/c1-16(19-20-18,13-9-5-3-6-10-13)15(21)17(2,22)14-11-7-4-8-12-14/h3-12,15,21-22H,1-2H3/t15-,16-,17-/m0/s1. The number of hydrogen-bond acceptors (Lipinski definition) is 3. The van der Waals surface area contributed by atoms with Crippen LogP contribution in [0.3, 0.4) is 0 Å². The second kappa shape index (κ2) is 6.20. The lowest BCUT2D eigenvalue weighted by Crippen LogP contribution is -2.49. The first-order valence-electron chi connectivity index (χ1n) is 7.00. The van der Waals surface area contributed by atoms with Crippen molar-refractivity contribution in [2.45, 2.75) is 31.1 Å². The zero-order chi connectivity index (χ0) is 16.2. The molecule has 0 bridgehead atoms. The lowest BCUT2D eigenvalue weighted by atomic mass is 9.76. The normalized spacial score (nSPS) is 17.6. The largest absolute Gasteiger partial charge is 0.389 e. The van der Waals surface area contributed by atoms with Gasteiger partial charge in [-0.2, -0.15) is 0 Å². The first-order chi connectivity index (χ1) is 10.4. The number of azide groups is 1. The molecule has 2 aromatic carbocycles. The number of nitrogens with zero attached hydrogens (tertiary/aromatic N) is 3. The first kappa shape index (κ1) is 16.0. The summed E-state index contributed by atoms with van der Waals surface area (Å²) in [7, 11) is 0. The fraction of sp³-hybridized carbons (Fsp3) is 0.294. The molecule has 0 spiro atoms. The lowest BCUT2D eigenvalue weighted by Gasteiger charge is -2.39. The molecule has 5 nitrogen and oxygen atoms in total. The maximum Gasteiger partial charge on any atom is 0.114 e. The molecule has 2 aromatic rings. The molecule has 0 aliphatic heterocycles. The van der Waals surface area contributed by atoms with Crippen LogP contribution >= 0.6 is 0 Å². The number of hydrogen-bond donors (Lipinski definition) is 2. The van der Waals surface area contributed by atoms with Crippen LogP contribution < -0.4 is 0 Å². The van der Waals surface area contributed by atoms with Crippen molar-refractivity contribution in [3.63, 3.8) is 0 Å². The van der Waals surface area contributed by atoms with Gasteiger partial charge in [-0.3, -0.25) is 0 Å². The minimum absolute atomic E-state index is 0.554. The van der Waals surface area contributed by atoms with E-state index in [0.29, 0.717) is 11.1 Å². The molecule has 2 N–H and O–H groups in total. The maximum absolute atomic E-state index is 10.8. The third-order valence-electron chi connectivity index (χ3n) is 4.03. The average Bonchev–Trinajstić information content (AvgIpc) is 2.56. The van der Waals surface area contributed by atoms with Crippen molar-refractivity contribution in [3.05, 3.63) is 82.2 Å². The Hall–Kier alpha value is -2.33. The van der Waals surface area contributed by atoms with Crippen molar-refractivity contribution in [1.82, 2.24) is 0 Å². The van der Waals surface area contributed by atoms with E-state index in [1.165, 1.54) is 6.92 Å². The van der Waals surface area contributed by atoms with Crippen LogP contribution in [0, 0.1) is 0 Å². The lowest BCUT2D eigenvalue weighted by molar-refractivity contribution is -0.100. The molecular formula is C17H19N3O2. The van der Waals surface area contributed by atoms with E-state index in [1.807, 2.05) is 12.1 Å². The molecule has 114 valence electrons. The molecule has 0 unspecified atom stereocenters. The van der Waals surface area contributed by atoms with E-state index < -0.39 is 17.2 Å². The van der Waals surface area contributed by atoms with Gasteiger partial charge in [0.2, 0.25) is 0 Å². The summed E-state index contributed by atoms with van der Waals surface area (Å²) in [5.41, 5.74) is 7.24. The molecular weight excluding hydrogens is 278 g/mol. The summed E-state index contributed by atoms with van der Waals surface area (Å²) in [5, 5.41) is 25.5. The number of benzene rings is 2. The minimum atomic E-state index is -1.57. The van der Waals surface area contributed by atoms with Crippen LogP contribution in [0.4, 0.5) is 0 Å². The molecule has 0 saturated heterocycles. The van der Waals surface area contributed by atoms with Crippen LogP contribution in [0.25, 0.3) is 10.4 Å². The Bertz CT molecular complexity index is 667. The van der Waals surface area contributed by atoms with Crippen LogP contribution in [-0.2, 0) is 11.1 Å². The van der Waals surface area contributed by atoms with E-state index >= 15 is 0 Å². The van der Waals surface area contributed by atoms with Crippen LogP contribution in [0.1, 0.15) is 25.0 Å². The van der Waals surface area contributed by atoms with Crippen molar-refractivity contribution in [2.24, 2.45) is 5.11 Å². The van der Waals surface area contributed by atoms with Gasteiger partial charge in [0.1, 0.15) is 11.7 Å². The highest BCUT2D eigenvalue weighted by molar-refractivity contribution is 5.31. The van der Waals surface area contributed by atoms with Gasteiger partial charge in [-0.25, -0.2) is 0 Å². The molecule has 2 rings (SSSR count). The fourth-order valence-corrected chi connectivity index (χ4v) is 2.62. The minimum Gasteiger partial charge on any atom is -0.389 e. The molecule has 0 heterocycles. The van der Waals surface area contributed by atoms with E-state index in [0.717, 1.165) is 0 Å². The Balaban J connectivity index is 2.51. The highest BCUT2D eigenvalue weighted by Gasteiger charge is 2.46. The van der Waals surface area contributed by atoms with Gasteiger partial charge in [-0.15, -0.1) is 0 Å². The first-order valence-corrected chi connectivity index (χ1v) is 7.00. The quantitative estimate of drug-likeness (QED) is 0.502. The zero-order valence-electron chi connectivity index (χ0n) is 12.6. The molecule has 0 radical (unpaired) electrons. The van der Waals surface area contributed by atoms with Crippen LogP contribution in [0.5, 0.6) is 0 Å². The summed E-state index contributed by atoms with van der Waals surface area (Å²) >= 11 is 0. The summed E-state index contributed by atoms with van der Waals surface area (Å²) in [5.74, 6) is 0. The van der Waals surface area contributed by atoms with Gasteiger partial charge in [0, 0.05) is 4.91 Å². The van der Waals surface area contributed by atoms with Gasteiger partial charge >= 0.3 is 0 Å². The molecule has 22 heavy (non-hydrogen) atoms. The smallest absolute Gasteiger partial charge is 0.114 e. The monoisotopic (exact) mass is 297 g/mol. The zero-order valence-corrected chi connectivity index (χ0v) is 12.6. The average molecular weight is 297 g/mol. The van der Waals surface area contributed by atoms with E-state index in [1.54, 1.807) is 55.5 Å². The summed E-state index contributed by atoms with van der Waals surface area (Å²) in [6, 6.07) is 17.8. The fourth-order valence-electron chi connectivity index (χ4n) is 2.62. The third kappa shape index (κ3) is 2.83. The molecule has 0 aliphatic carbocycles. The van der Waals surface area contributed by atoms with Crippen molar-refractivity contribution in [3.8, 4) is 0 Å². The molecule has 3 atom stereocenters. The number of aliphatic hydroxyl groups excluding tert-OH is 1. The van der Waals surface area contributed by atoms with E-state index in [-0.39, 0.29) is 0 Å². The summed E-state index contributed by atoms with van der Waals surface area (Å²) in [4.78, 5) is 2.87. The second-order valence-electron chi connectivity index (χ2n) is 5.62. The molecule has 0 amide bonds. The van der Waals surface area contributed by atoms with Crippen molar-refractivity contribution in [1.29, 1.82) is 0 Å². The SMILES string of the molecule is C[C@](O)(c1ccccc1)[C@@H](O)[C@@](C)(N=[N+]=[N-])c1ccccc1. The number of aliphatic hydroxyl groups is 2. The Kier molecular flexibility index (Phi) is 4.52. The molecule has 0 aliphatic rings. The highest BCUT2D eigenvalue weighted by Crippen LogP contribution is 2.39. The van der Waals surface area contributed by atoms with Crippen molar-refractivity contribution in [2.75, 3.05) is 0 Å². The Labute approximate surface area is 129 Å². The van der Waals surface area contributed by atoms with Crippen LogP contribution in [-0.4, -0.2) is 16.3 Å². The molecule has 0 fully saturated rings. The predicted octanol–water partition coefficient (Wildman–Crippen LogP) is 3.48. The van der Waals surface area contributed by atoms with Crippen LogP contribution in [0.15, 0.2) is 65.8 Å². The Morgan fingerprint density at radius 2 is 1.41 bits per heavy atom. The topological polar surface area (TPSA) is 89.2 Å². The van der Waals surface area contributed by atoms with Crippen molar-refractivity contribution >= 4 is 0 Å². The highest BCUT2D eigenvalue weighted by atomic mass is 16.3. The van der Waals surface area contributed by atoms with Gasteiger partial charge in [0.25, 0.3) is 0 Å². The summed E-state index contributed by atoms with van der Waals surface area (Å²) in [6.07, 6.45) is -1.32. The van der Waals surface area contributed by atoms with E-state index in [9.17, 15) is 10.2 Å². The predicted molar refractivity (Wildman–Crippen MR) is 85.0 cm³/mol. The summed E-state index contributed by atoms with van der Waals surface area (Å²) in [6.45, 7) is 3.13. The van der Waals surface area contributed by atoms with Crippen molar-refractivity contribution < 1.29 is 10.2 Å². The maximum atomic E-state index is 10.8.